The minimum atomic E-state index is -0.793. The van der Waals surface area contributed by atoms with E-state index in [1.807, 2.05) is 0 Å². The number of hydrazine groups is 1. The molecule has 2 rings (SSSR count). The first-order valence-corrected chi connectivity index (χ1v) is 8.07. The fourth-order valence-electron chi connectivity index (χ4n) is 2.38. The zero-order chi connectivity index (χ0) is 19.5. The Balaban J connectivity index is 2.42. The molecule has 0 unspecified atom stereocenters. The summed E-state index contributed by atoms with van der Waals surface area (Å²) in [5, 5.41) is 12.4. The third kappa shape index (κ3) is 4.24. The van der Waals surface area contributed by atoms with E-state index in [1.165, 1.54) is 12.1 Å². The molecule has 7 nitrogen and oxygen atoms in total. The number of benzene rings is 2. The van der Waals surface area contributed by atoms with Gasteiger partial charge in [-0.3, -0.25) is 25.1 Å². The normalized spacial score (nSPS) is 10.9. The number of aryl methyl sites for hydroxylation is 1. The van der Waals surface area contributed by atoms with Gasteiger partial charge in [-0.25, -0.2) is 5.01 Å². The quantitative estimate of drug-likeness (QED) is 0.674. The predicted molar refractivity (Wildman–Crippen MR) is 97.7 cm³/mol. The van der Waals surface area contributed by atoms with Crippen LogP contribution in [-0.4, -0.2) is 27.3 Å². The lowest BCUT2D eigenvalue weighted by molar-refractivity contribution is -0.385. The number of carbonyl (C=O) groups is 2. The van der Waals surface area contributed by atoms with E-state index in [2.05, 4.69) is 5.43 Å². The molecule has 0 bridgehead atoms. The number of nitro benzene ring substituents is 1. The maximum atomic E-state index is 13.0. The largest absolute Gasteiger partial charge is 0.282 e. The molecule has 0 fully saturated rings. The Bertz CT molecular complexity index is 842. The summed E-state index contributed by atoms with van der Waals surface area (Å²) in [5.74, 6) is -1.11. The van der Waals surface area contributed by atoms with Crippen LogP contribution in [0.1, 0.15) is 47.1 Å². The smallest absolute Gasteiger partial charge is 0.267 e. The summed E-state index contributed by atoms with van der Waals surface area (Å²) in [6, 6.07) is 12.8. The van der Waals surface area contributed by atoms with E-state index < -0.39 is 22.3 Å². The number of nitrogens with one attached hydrogen (secondary N) is 1. The predicted octanol–water partition coefficient (Wildman–Crippen LogP) is 3.49. The lowest BCUT2D eigenvalue weighted by atomic mass is 10.0. The molecule has 26 heavy (non-hydrogen) atoms. The zero-order valence-corrected chi connectivity index (χ0v) is 15.1. The Hall–Kier alpha value is -3.22. The van der Waals surface area contributed by atoms with Gasteiger partial charge in [-0.05, 0) is 51.5 Å². The highest BCUT2D eigenvalue weighted by atomic mass is 16.6. The highest BCUT2D eigenvalue weighted by molar-refractivity contribution is 6.01. The van der Waals surface area contributed by atoms with Crippen molar-refractivity contribution in [3.8, 4) is 0 Å². The summed E-state index contributed by atoms with van der Waals surface area (Å²) in [5.41, 5.74) is 2.51. The summed E-state index contributed by atoms with van der Waals surface area (Å²) in [4.78, 5) is 36.2. The SMILES string of the molecule is Cc1ccc([N+](=O)[O-])c(C(=O)N(NC(=O)c2ccccc2)C(C)(C)C)c1. The van der Waals surface area contributed by atoms with Gasteiger partial charge in [0, 0.05) is 11.6 Å². The van der Waals surface area contributed by atoms with E-state index in [0.717, 1.165) is 5.01 Å². The molecular formula is C19H21N3O4. The van der Waals surface area contributed by atoms with Crippen molar-refractivity contribution in [2.24, 2.45) is 0 Å². The molecule has 2 aromatic carbocycles. The third-order valence-electron chi connectivity index (χ3n) is 3.70. The number of amides is 2. The maximum Gasteiger partial charge on any atom is 0.282 e. The highest BCUT2D eigenvalue weighted by Crippen LogP contribution is 2.24. The van der Waals surface area contributed by atoms with Crippen LogP contribution in [0, 0.1) is 17.0 Å². The molecule has 0 saturated carbocycles. The first-order valence-electron chi connectivity index (χ1n) is 8.07. The number of rotatable bonds is 3. The molecule has 0 spiro atoms. The average Bonchev–Trinajstić information content (AvgIpc) is 2.58. The van der Waals surface area contributed by atoms with Crippen LogP contribution in [0.15, 0.2) is 48.5 Å². The summed E-state index contributed by atoms with van der Waals surface area (Å²) in [6.07, 6.45) is 0. The van der Waals surface area contributed by atoms with Crippen molar-refractivity contribution >= 4 is 17.5 Å². The van der Waals surface area contributed by atoms with Crippen molar-refractivity contribution in [3.63, 3.8) is 0 Å². The Morgan fingerprint density at radius 1 is 1.08 bits per heavy atom. The van der Waals surface area contributed by atoms with Crippen LogP contribution in [0.2, 0.25) is 0 Å². The third-order valence-corrected chi connectivity index (χ3v) is 3.70. The van der Waals surface area contributed by atoms with Gasteiger partial charge in [-0.1, -0.05) is 24.3 Å². The van der Waals surface area contributed by atoms with Gasteiger partial charge in [0.05, 0.1) is 10.5 Å². The van der Waals surface area contributed by atoms with Gasteiger partial charge >= 0.3 is 0 Å². The molecule has 0 aromatic heterocycles. The molecule has 0 aliphatic carbocycles. The molecule has 0 aliphatic rings. The van der Waals surface area contributed by atoms with Gasteiger partial charge in [0.1, 0.15) is 5.56 Å². The van der Waals surface area contributed by atoms with Crippen molar-refractivity contribution in [2.45, 2.75) is 33.2 Å². The van der Waals surface area contributed by atoms with Crippen molar-refractivity contribution < 1.29 is 14.5 Å². The molecule has 1 N–H and O–H groups in total. The van der Waals surface area contributed by atoms with E-state index in [-0.39, 0.29) is 11.3 Å². The second kappa shape index (κ2) is 7.35. The van der Waals surface area contributed by atoms with Crippen molar-refractivity contribution in [1.82, 2.24) is 10.4 Å². The van der Waals surface area contributed by atoms with Gasteiger partial charge in [-0.2, -0.15) is 0 Å². The van der Waals surface area contributed by atoms with Crippen molar-refractivity contribution in [3.05, 3.63) is 75.3 Å². The van der Waals surface area contributed by atoms with E-state index in [9.17, 15) is 19.7 Å². The monoisotopic (exact) mass is 355 g/mol. The van der Waals surface area contributed by atoms with Crippen LogP contribution >= 0.6 is 0 Å². The Kier molecular flexibility index (Phi) is 5.40. The summed E-state index contributed by atoms with van der Waals surface area (Å²) >= 11 is 0. The zero-order valence-electron chi connectivity index (χ0n) is 15.1. The Labute approximate surface area is 151 Å². The van der Waals surface area contributed by atoms with E-state index >= 15 is 0 Å². The summed E-state index contributed by atoms with van der Waals surface area (Å²) in [6.45, 7) is 6.94. The average molecular weight is 355 g/mol. The van der Waals surface area contributed by atoms with Crippen LogP contribution in [-0.2, 0) is 0 Å². The maximum absolute atomic E-state index is 13.0. The van der Waals surface area contributed by atoms with Crippen LogP contribution in [0.5, 0.6) is 0 Å². The molecule has 0 radical (unpaired) electrons. The lowest BCUT2D eigenvalue weighted by Gasteiger charge is -2.35. The number of hydrogen-bond donors (Lipinski definition) is 1. The second-order valence-corrected chi connectivity index (χ2v) is 6.90. The van der Waals surface area contributed by atoms with E-state index in [0.29, 0.717) is 11.1 Å². The first kappa shape index (κ1) is 19.1. The van der Waals surface area contributed by atoms with Gasteiger partial charge in [-0.15, -0.1) is 0 Å². The minimum Gasteiger partial charge on any atom is -0.267 e. The molecule has 0 heterocycles. The van der Waals surface area contributed by atoms with Gasteiger partial charge < -0.3 is 0 Å². The molecule has 0 aliphatic heterocycles. The lowest BCUT2D eigenvalue weighted by Crippen LogP contribution is -2.56. The molecule has 2 amide bonds. The van der Waals surface area contributed by atoms with E-state index in [1.54, 1.807) is 64.1 Å². The summed E-state index contributed by atoms with van der Waals surface area (Å²) in [7, 11) is 0. The number of hydrogen-bond acceptors (Lipinski definition) is 4. The standard InChI is InChI=1S/C19H21N3O4/c1-13-10-11-16(22(25)26)15(12-13)18(24)21(19(2,3)4)20-17(23)14-8-6-5-7-9-14/h5-12H,1-4H3,(H,20,23). The molecule has 0 atom stereocenters. The number of nitro groups is 1. The van der Waals surface area contributed by atoms with Crippen molar-refractivity contribution in [2.75, 3.05) is 0 Å². The number of nitrogens with zero attached hydrogens (tertiary/aromatic N) is 2. The summed E-state index contributed by atoms with van der Waals surface area (Å²) < 4.78 is 0. The number of carbonyl (C=O) groups excluding carboxylic acids is 2. The Morgan fingerprint density at radius 3 is 2.23 bits per heavy atom. The molecule has 7 heteroatoms. The van der Waals surface area contributed by atoms with Crippen LogP contribution < -0.4 is 5.43 Å². The fraction of sp³-hybridized carbons (Fsp3) is 0.263. The van der Waals surface area contributed by atoms with Gasteiger partial charge in [0.15, 0.2) is 0 Å². The molecule has 0 saturated heterocycles. The van der Waals surface area contributed by atoms with Gasteiger partial charge in [0.25, 0.3) is 17.5 Å². The topological polar surface area (TPSA) is 92.6 Å². The van der Waals surface area contributed by atoms with Crippen LogP contribution in [0.25, 0.3) is 0 Å². The highest BCUT2D eigenvalue weighted by Gasteiger charge is 2.33. The minimum absolute atomic E-state index is 0.0710. The first-order chi connectivity index (χ1) is 12.1. The van der Waals surface area contributed by atoms with Gasteiger partial charge in [0.2, 0.25) is 0 Å². The van der Waals surface area contributed by atoms with Crippen LogP contribution in [0.3, 0.4) is 0 Å². The second-order valence-electron chi connectivity index (χ2n) is 6.90. The molecule has 2 aromatic rings. The molecular weight excluding hydrogens is 334 g/mol. The fourth-order valence-corrected chi connectivity index (χ4v) is 2.38. The Morgan fingerprint density at radius 2 is 1.69 bits per heavy atom. The van der Waals surface area contributed by atoms with E-state index in [4.69, 9.17) is 0 Å². The van der Waals surface area contributed by atoms with Crippen molar-refractivity contribution in [1.29, 1.82) is 0 Å². The molecule has 136 valence electrons. The van der Waals surface area contributed by atoms with Crippen LogP contribution in [0.4, 0.5) is 5.69 Å².